The van der Waals surface area contributed by atoms with Gasteiger partial charge in [-0.2, -0.15) is 0 Å². The maximum atomic E-state index is 13.4. The van der Waals surface area contributed by atoms with Crippen molar-refractivity contribution in [2.24, 2.45) is 0 Å². The van der Waals surface area contributed by atoms with E-state index in [4.69, 9.17) is 4.98 Å². The predicted molar refractivity (Wildman–Crippen MR) is 123 cm³/mol. The summed E-state index contributed by atoms with van der Waals surface area (Å²) in [6, 6.07) is 25.8. The minimum atomic E-state index is -0.00967. The average Bonchev–Trinajstić information content (AvgIpc) is 3.16. The minimum absolute atomic E-state index is 0.00967. The molecule has 3 heteroatoms. The van der Waals surface area contributed by atoms with Gasteiger partial charge in [0, 0.05) is 5.56 Å². The van der Waals surface area contributed by atoms with E-state index in [9.17, 15) is 4.79 Å². The number of para-hydroxylation sites is 1. The fourth-order valence-corrected chi connectivity index (χ4v) is 4.18. The van der Waals surface area contributed by atoms with Gasteiger partial charge in [-0.1, -0.05) is 87.5 Å². The highest BCUT2D eigenvalue weighted by atomic mass is 32.1. The van der Waals surface area contributed by atoms with Crippen molar-refractivity contribution in [3.63, 3.8) is 0 Å². The summed E-state index contributed by atoms with van der Waals surface area (Å²) in [7, 11) is 0. The Morgan fingerprint density at radius 2 is 1.52 bits per heavy atom. The number of fused-ring (bicyclic) bond motifs is 1. The van der Waals surface area contributed by atoms with Crippen molar-refractivity contribution >= 4 is 39.0 Å². The van der Waals surface area contributed by atoms with Gasteiger partial charge in [0.25, 0.3) is 0 Å². The second-order valence-corrected chi connectivity index (χ2v) is 9.14. The van der Waals surface area contributed by atoms with Crippen LogP contribution in [0.25, 0.3) is 21.9 Å². The Hall–Kier alpha value is -3.04. The number of aromatic nitrogens is 1. The zero-order chi connectivity index (χ0) is 20.4. The van der Waals surface area contributed by atoms with E-state index in [0.717, 1.165) is 20.8 Å². The quantitative estimate of drug-likeness (QED) is 0.274. The van der Waals surface area contributed by atoms with Crippen molar-refractivity contribution in [2.75, 3.05) is 0 Å². The van der Waals surface area contributed by atoms with Crippen LogP contribution in [0.3, 0.4) is 0 Å². The second kappa shape index (κ2) is 7.76. The molecule has 0 aliphatic rings. The summed E-state index contributed by atoms with van der Waals surface area (Å²) >= 11 is 1.55. The monoisotopic (exact) mass is 397 g/mol. The Morgan fingerprint density at radius 3 is 2.17 bits per heavy atom. The summed E-state index contributed by atoms with van der Waals surface area (Å²) in [4.78, 5) is 18.1. The zero-order valence-corrected chi connectivity index (χ0v) is 17.7. The number of allylic oxidation sites excluding steroid dienone is 1. The number of ketones is 1. The largest absolute Gasteiger partial charge is 0.288 e. The first-order valence-corrected chi connectivity index (χ1v) is 10.5. The standard InChI is InChI=1S/C26H23NOS/c1-26(2,3)20-15-13-18(14-16-20)17-21(24(28)19-9-5-4-6-10-19)25-27-22-11-7-8-12-23(22)29-25/h4-17H,1-3H3. The van der Waals surface area contributed by atoms with Gasteiger partial charge in [-0.05, 0) is 34.8 Å². The SMILES string of the molecule is CC(C)(C)c1ccc(C=C(C(=O)c2ccccc2)c2nc3ccccc3s2)cc1. The highest BCUT2D eigenvalue weighted by molar-refractivity contribution is 7.20. The van der Waals surface area contributed by atoms with E-state index < -0.39 is 0 Å². The molecule has 0 saturated carbocycles. The molecule has 0 aliphatic heterocycles. The molecule has 0 radical (unpaired) electrons. The van der Waals surface area contributed by atoms with Gasteiger partial charge in [-0.25, -0.2) is 4.98 Å². The van der Waals surface area contributed by atoms with Crippen LogP contribution in [-0.2, 0) is 5.41 Å². The van der Waals surface area contributed by atoms with E-state index in [-0.39, 0.29) is 11.2 Å². The lowest BCUT2D eigenvalue weighted by Crippen LogP contribution is -2.10. The molecule has 0 unspecified atom stereocenters. The van der Waals surface area contributed by atoms with Crippen LogP contribution in [0.2, 0.25) is 0 Å². The molecule has 0 N–H and O–H groups in total. The summed E-state index contributed by atoms with van der Waals surface area (Å²) in [6.45, 7) is 6.59. The van der Waals surface area contributed by atoms with Crippen LogP contribution in [0.5, 0.6) is 0 Å². The molecular formula is C26H23NOS. The van der Waals surface area contributed by atoms with Crippen molar-refractivity contribution in [1.82, 2.24) is 4.98 Å². The number of Topliss-reactive ketones (excluding diaryl/α,β-unsaturated/α-hetero) is 1. The smallest absolute Gasteiger partial charge is 0.196 e. The lowest BCUT2D eigenvalue weighted by molar-refractivity contribution is 0.105. The van der Waals surface area contributed by atoms with Crippen LogP contribution < -0.4 is 0 Å². The fourth-order valence-electron chi connectivity index (χ4n) is 3.20. The van der Waals surface area contributed by atoms with Gasteiger partial charge >= 0.3 is 0 Å². The van der Waals surface area contributed by atoms with E-state index in [2.05, 4.69) is 45.0 Å². The number of benzene rings is 3. The molecule has 0 atom stereocenters. The number of rotatable bonds is 4. The van der Waals surface area contributed by atoms with Crippen molar-refractivity contribution in [2.45, 2.75) is 26.2 Å². The molecule has 0 saturated heterocycles. The third kappa shape index (κ3) is 4.20. The van der Waals surface area contributed by atoms with Crippen LogP contribution >= 0.6 is 11.3 Å². The summed E-state index contributed by atoms with van der Waals surface area (Å²) in [6.07, 6.45) is 1.96. The lowest BCUT2D eigenvalue weighted by atomic mass is 9.86. The summed E-state index contributed by atoms with van der Waals surface area (Å²) in [5, 5.41) is 0.750. The fraction of sp³-hybridized carbons (Fsp3) is 0.154. The first kappa shape index (κ1) is 19.3. The summed E-state index contributed by atoms with van der Waals surface area (Å²) < 4.78 is 1.08. The lowest BCUT2D eigenvalue weighted by Gasteiger charge is -2.18. The third-order valence-corrected chi connectivity index (χ3v) is 5.96. The van der Waals surface area contributed by atoms with Crippen LogP contribution in [0.1, 0.15) is 47.3 Å². The highest BCUT2D eigenvalue weighted by Gasteiger charge is 2.19. The van der Waals surface area contributed by atoms with Gasteiger partial charge in [-0.15, -0.1) is 11.3 Å². The molecule has 4 rings (SSSR count). The molecule has 1 aromatic heterocycles. The van der Waals surface area contributed by atoms with Gasteiger partial charge in [0.2, 0.25) is 0 Å². The van der Waals surface area contributed by atoms with Crippen LogP contribution in [0.15, 0.2) is 78.9 Å². The molecule has 2 nitrogen and oxygen atoms in total. The molecule has 3 aromatic carbocycles. The Kier molecular flexibility index (Phi) is 5.16. The number of hydrogen-bond donors (Lipinski definition) is 0. The molecule has 4 aromatic rings. The molecule has 1 heterocycles. The highest BCUT2D eigenvalue weighted by Crippen LogP contribution is 2.31. The van der Waals surface area contributed by atoms with Gasteiger partial charge in [0.05, 0.1) is 15.8 Å². The van der Waals surface area contributed by atoms with E-state index in [1.54, 1.807) is 11.3 Å². The van der Waals surface area contributed by atoms with Crippen molar-refractivity contribution in [3.05, 3.63) is 101 Å². The van der Waals surface area contributed by atoms with E-state index in [1.807, 2.05) is 60.7 Å². The van der Waals surface area contributed by atoms with Crippen molar-refractivity contribution < 1.29 is 4.79 Å². The van der Waals surface area contributed by atoms with E-state index in [0.29, 0.717) is 11.1 Å². The van der Waals surface area contributed by atoms with Crippen LogP contribution in [-0.4, -0.2) is 10.8 Å². The van der Waals surface area contributed by atoms with Gasteiger partial charge in [0.15, 0.2) is 5.78 Å². The minimum Gasteiger partial charge on any atom is -0.288 e. The number of carbonyl (C=O) groups is 1. The third-order valence-electron chi connectivity index (χ3n) is 4.89. The Morgan fingerprint density at radius 1 is 0.862 bits per heavy atom. The van der Waals surface area contributed by atoms with Crippen LogP contribution in [0, 0.1) is 0 Å². The molecule has 0 bridgehead atoms. The number of nitrogens with zero attached hydrogens (tertiary/aromatic N) is 1. The molecule has 29 heavy (non-hydrogen) atoms. The molecule has 0 aliphatic carbocycles. The van der Waals surface area contributed by atoms with Gasteiger partial charge in [0.1, 0.15) is 5.01 Å². The summed E-state index contributed by atoms with van der Waals surface area (Å²) in [5.41, 5.74) is 4.58. The van der Waals surface area contributed by atoms with E-state index >= 15 is 0 Å². The normalized spacial score (nSPS) is 12.3. The molecule has 0 fully saturated rings. The Bertz CT molecular complexity index is 1150. The maximum absolute atomic E-state index is 13.4. The summed E-state index contributed by atoms with van der Waals surface area (Å²) in [5.74, 6) is -0.00967. The topological polar surface area (TPSA) is 30.0 Å². The average molecular weight is 398 g/mol. The zero-order valence-electron chi connectivity index (χ0n) is 16.8. The Labute approximate surface area is 175 Å². The molecular weight excluding hydrogens is 374 g/mol. The van der Waals surface area contributed by atoms with Gasteiger partial charge in [-0.3, -0.25) is 4.79 Å². The van der Waals surface area contributed by atoms with Crippen LogP contribution in [0.4, 0.5) is 0 Å². The van der Waals surface area contributed by atoms with Gasteiger partial charge < -0.3 is 0 Å². The second-order valence-electron chi connectivity index (χ2n) is 8.11. The molecule has 0 amide bonds. The number of carbonyl (C=O) groups excluding carboxylic acids is 1. The molecule has 0 spiro atoms. The first-order chi connectivity index (χ1) is 13.9. The van der Waals surface area contributed by atoms with E-state index in [1.165, 1.54) is 5.56 Å². The van der Waals surface area contributed by atoms with Crippen molar-refractivity contribution in [1.29, 1.82) is 0 Å². The number of hydrogen-bond acceptors (Lipinski definition) is 3. The predicted octanol–water partition coefficient (Wildman–Crippen LogP) is 7.02. The Balaban J connectivity index is 1.81. The first-order valence-electron chi connectivity index (χ1n) is 9.70. The maximum Gasteiger partial charge on any atom is 0.196 e. The number of thiazole rings is 1. The van der Waals surface area contributed by atoms with Crippen molar-refractivity contribution in [3.8, 4) is 0 Å². The molecule has 144 valence electrons.